The van der Waals surface area contributed by atoms with E-state index in [1.165, 1.54) is 22.4 Å². The van der Waals surface area contributed by atoms with Gasteiger partial charge in [0.25, 0.3) is 0 Å². The van der Waals surface area contributed by atoms with E-state index in [-0.39, 0.29) is 5.82 Å². The Morgan fingerprint density at radius 2 is 2.00 bits per heavy atom. The van der Waals surface area contributed by atoms with Crippen molar-refractivity contribution >= 4 is 10.9 Å². The normalized spacial score (nSPS) is 15.1. The molecule has 3 aromatic rings. The Morgan fingerprint density at radius 3 is 2.83 bits per heavy atom. The van der Waals surface area contributed by atoms with Gasteiger partial charge in [0.2, 0.25) is 0 Å². The van der Waals surface area contributed by atoms with Gasteiger partial charge in [0.15, 0.2) is 0 Å². The topological polar surface area (TPSA) is 8.17 Å². The highest BCUT2D eigenvalue weighted by molar-refractivity contribution is 5.86. The van der Waals surface area contributed by atoms with Crippen molar-refractivity contribution in [1.82, 2.24) is 9.47 Å². The van der Waals surface area contributed by atoms with Crippen LogP contribution in [-0.4, -0.2) is 23.1 Å². The summed E-state index contributed by atoms with van der Waals surface area (Å²) < 4.78 is 16.2. The van der Waals surface area contributed by atoms with Gasteiger partial charge in [-0.05, 0) is 43.3 Å². The van der Waals surface area contributed by atoms with Gasteiger partial charge >= 0.3 is 0 Å². The zero-order valence-electron chi connectivity index (χ0n) is 13.6. The second-order valence-corrected chi connectivity index (χ2v) is 6.65. The van der Waals surface area contributed by atoms with Crippen LogP contribution >= 0.6 is 0 Å². The van der Waals surface area contributed by atoms with Crippen LogP contribution in [0.15, 0.2) is 42.5 Å². The molecule has 0 radical (unpaired) electrons. The Bertz CT molecular complexity index is 879. The molecule has 0 fully saturated rings. The van der Waals surface area contributed by atoms with Crippen LogP contribution in [0.4, 0.5) is 4.39 Å². The Morgan fingerprint density at radius 1 is 1.13 bits per heavy atom. The number of rotatable bonds is 2. The van der Waals surface area contributed by atoms with Crippen molar-refractivity contribution in [3.63, 3.8) is 0 Å². The van der Waals surface area contributed by atoms with Gasteiger partial charge in [-0.15, -0.1) is 0 Å². The summed E-state index contributed by atoms with van der Waals surface area (Å²) in [5.74, 6) is -0.152. The van der Waals surface area contributed by atoms with E-state index in [9.17, 15) is 4.39 Å². The Hall–Kier alpha value is -2.13. The fourth-order valence-corrected chi connectivity index (χ4v) is 3.73. The molecule has 0 bridgehead atoms. The zero-order valence-corrected chi connectivity index (χ0v) is 13.6. The van der Waals surface area contributed by atoms with Crippen LogP contribution in [0, 0.1) is 12.7 Å². The summed E-state index contributed by atoms with van der Waals surface area (Å²) in [5.41, 5.74) is 6.38. The van der Waals surface area contributed by atoms with E-state index in [4.69, 9.17) is 0 Å². The minimum atomic E-state index is -0.152. The zero-order chi connectivity index (χ0) is 16.0. The second kappa shape index (κ2) is 5.50. The summed E-state index contributed by atoms with van der Waals surface area (Å²) >= 11 is 0. The molecule has 1 aliphatic heterocycles. The van der Waals surface area contributed by atoms with Crippen molar-refractivity contribution in [2.45, 2.75) is 26.4 Å². The molecule has 4 rings (SSSR count). The number of benzene rings is 2. The highest BCUT2D eigenvalue weighted by atomic mass is 19.1. The van der Waals surface area contributed by atoms with Gasteiger partial charge in [0, 0.05) is 42.7 Å². The van der Waals surface area contributed by atoms with Crippen molar-refractivity contribution in [2.24, 2.45) is 0 Å². The molecule has 1 aromatic heterocycles. The standard InChI is InChI=1S/C20H21FN2/c1-14-4-3-5-15(10-14)12-23-19-7-6-16(21)11-17(19)18-13-22(2)9-8-20(18)23/h3-7,10-11H,8-9,12-13H2,1-2H3. The minimum absolute atomic E-state index is 0.152. The van der Waals surface area contributed by atoms with Crippen molar-refractivity contribution in [1.29, 1.82) is 0 Å². The molecule has 1 aliphatic rings. The minimum Gasteiger partial charge on any atom is -0.340 e. The lowest BCUT2D eigenvalue weighted by atomic mass is 10.0. The number of nitrogens with zero attached hydrogens (tertiary/aromatic N) is 2. The number of hydrogen-bond donors (Lipinski definition) is 0. The molecule has 2 heterocycles. The van der Waals surface area contributed by atoms with E-state index in [2.05, 4.69) is 47.7 Å². The molecule has 0 spiro atoms. The largest absolute Gasteiger partial charge is 0.340 e. The van der Waals surface area contributed by atoms with Crippen molar-refractivity contribution in [3.8, 4) is 0 Å². The average molecular weight is 308 g/mol. The molecule has 0 saturated carbocycles. The second-order valence-electron chi connectivity index (χ2n) is 6.65. The van der Waals surface area contributed by atoms with Crippen LogP contribution in [0.5, 0.6) is 0 Å². The number of fused-ring (bicyclic) bond motifs is 3. The molecule has 0 N–H and O–H groups in total. The molecule has 0 unspecified atom stereocenters. The smallest absolute Gasteiger partial charge is 0.123 e. The summed E-state index contributed by atoms with van der Waals surface area (Å²) in [7, 11) is 2.13. The van der Waals surface area contributed by atoms with Gasteiger partial charge in [-0.2, -0.15) is 0 Å². The average Bonchev–Trinajstić information content (AvgIpc) is 2.80. The predicted molar refractivity (Wildman–Crippen MR) is 92.2 cm³/mol. The molecule has 0 atom stereocenters. The van der Waals surface area contributed by atoms with Gasteiger partial charge < -0.3 is 9.47 Å². The lowest BCUT2D eigenvalue weighted by Gasteiger charge is -2.24. The summed E-state index contributed by atoms with van der Waals surface area (Å²) in [6, 6.07) is 13.8. The van der Waals surface area contributed by atoms with Crippen molar-refractivity contribution < 1.29 is 4.39 Å². The maximum atomic E-state index is 13.8. The maximum absolute atomic E-state index is 13.8. The third-order valence-corrected chi connectivity index (χ3v) is 4.83. The fourth-order valence-electron chi connectivity index (χ4n) is 3.73. The molecule has 0 aliphatic carbocycles. The number of aryl methyl sites for hydroxylation is 1. The Balaban J connectivity index is 1.88. The molecule has 0 amide bonds. The van der Waals surface area contributed by atoms with Crippen LogP contribution < -0.4 is 0 Å². The first-order valence-electron chi connectivity index (χ1n) is 8.15. The third kappa shape index (κ3) is 2.55. The van der Waals surface area contributed by atoms with E-state index in [0.717, 1.165) is 37.0 Å². The molecule has 23 heavy (non-hydrogen) atoms. The molecule has 3 heteroatoms. The molecule has 2 aromatic carbocycles. The summed E-state index contributed by atoms with van der Waals surface area (Å²) in [6.45, 7) is 4.93. The number of aromatic nitrogens is 1. The predicted octanol–water partition coefficient (Wildman–Crippen LogP) is 4.13. The summed E-state index contributed by atoms with van der Waals surface area (Å²) in [5, 5.41) is 1.07. The highest BCUT2D eigenvalue weighted by Crippen LogP contribution is 2.31. The molecular weight excluding hydrogens is 287 g/mol. The van der Waals surface area contributed by atoms with E-state index in [1.807, 2.05) is 6.07 Å². The molecule has 0 saturated heterocycles. The van der Waals surface area contributed by atoms with Gasteiger partial charge in [-0.25, -0.2) is 4.39 Å². The number of likely N-dealkylation sites (N-methyl/N-ethyl adjacent to an activating group) is 1. The van der Waals surface area contributed by atoms with Crippen LogP contribution in [0.2, 0.25) is 0 Å². The van der Waals surface area contributed by atoms with Gasteiger partial charge in [0.05, 0.1) is 0 Å². The Kier molecular flexibility index (Phi) is 3.46. The summed E-state index contributed by atoms with van der Waals surface area (Å²) in [6.07, 6.45) is 1.02. The first-order chi connectivity index (χ1) is 11.1. The third-order valence-electron chi connectivity index (χ3n) is 4.83. The fraction of sp³-hybridized carbons (Fsp3) is 0.300. The van der Waals surface area contributed by atoms with E-state index in [0.29, 0.717) is 0 Å². The summed E-state index contributed by atoms with van der Waals surface area (Å²) in [4.78, 5) is 2.31. The molecule has 118 valence electrons. The van der Waals surface area contributed by atoms with Gasteiger partial charge in [0.1, 0.15) is 5.82 Å². The van der Waals surface area contributed by atoms with E-state index >= 15 is 0 Å². The van der Waals surface area contributed by atoms with Gasteiger partial charge in [-0.1, -0.05) is 29.8 Å². The van der Waals surface area contributed by atoms with Crippen molar-refractivity contribution in [2.75, 3.05) is 13.6 Å². The first kappa shape index (κ1) is 14.5. The van der Waals surface area contributed by atoms with Crippen molar-refractivity contribution in [3.05, 3.63) is 70.7 Å². The lowest BCUT2D eigenvalue weighted by Crippen LogP contribution is -2.27. The number of hydrogen-bond acceptors (Lipinski definition) is 1. The first-order valence-corrected chi connectivity index (χ1v) is 8.15. The highest BCUT2D eigenvalue weighted by Gasteiger charge is 2.22. The Labute approximate surface area is 136 Å². The van der Waals surface area contributed by atoms with E-state index < -0.39 is 0 Å². The SMILES string of the molecule is Cc1cccc(Cn2c3c(c4cc(F)ccc42)CN(C)CC3)c1. The van der Waals surface area contributed by atoms with Crippen LogP contribution in [-0.2, 0) is 19.5 Å². The lowest BCUT2D eigenvalue weighted by molar-refractivity contribution is 0.310. The maximum Gasteiger partial charge on any atom is 0.123 e. The quantitative estimate of drug-likeness (QED) is 0.691. The number of halogens is 1. The van der Waals surface area contributed by atoms with Gasteiger partial charge in [-0.3, -0.25) is 0 Å². The van der Waals surface area contributed by atoms with Crippen LogP contribution in [0.1, 0.15) is 22.4 Å². The van der Waals surface area contributed by atoms with E-state index in [1.54, 1.807) is 12.1 Å². The van der Waals surface area contributed by atoms with Crippen LogP contribution in [0.3, 0.4) is 0 Å². The molecular formula is C20H21FN2. The van der Waals surface area contributed by atoms with Crippen LogP contribution in [0.25, 0.3) is 10.9 Å². The monoisotopic (exact) mass is 308 g/mol. The molecule has 2 nitrogen and oxygen atoms in total.